The standard InChI is InChI=1S/C10H18N2O2/c1-2-11-10(13)6-12-8-5-7-3-4-9(8)14-7/h7-9,12H,2-6H2,1H3,(H,11,13). The highest BCUT2D eigenvalue weighted by atomic mass is 16.5. The zero-order valence-corrected chi connectivity index (χ0v) is 8.58. The first kappa shape index (κ1) is 9.93. The largest absolute Gasteiger partial charge is 0.373 e. The van der Waals surface area contributed by atoms with Gasteiger partial charge in [0.15, 0.2) is 0 Å². The summed E-state index contributed by atoms with van der Waals surface area (Å²) in [4.78, 5) is 11.2. The second-order valence-corrected chi connectivity index (χ2v) is 4.05. The normalized spacial score (nSPS) is 34.8. The lowest BCUT2D eigenvalue weighted by molar-refractivity contribution is -0.120. The van der Waals surface area contributed by atoms with Crippen LogP contribution in [0.2, 0.25) is 0 Å². The fourth-order valence-electron chi connectivity index (χ4n) is 2.34. The number of carbonyl (C=O) groups excluding carboxylic acids is 1. The molecule has 0 aromatic rings. The fourth-order valence-corrected chi connectivity index (χ4v) is 2.34. The quantitative estimate of drug-likeness (QED) is 0.670. The number of fused-ring (bicyclic) bond motifs is 2. The van der Waals surface area contributed by atoms with E-state index >= 15 is 0 Å². The van der Waals surface area contributed by atoms with Crippen molar-refractivity contribution in [2.24, 2.45) is 0 Å². The van der Waals surface area contributed by atoms with Crippen LogP contribution < -0.4 is 10.6 Å². The van der Waals surface area contributed by atoms with Crippen LogP contribution in [0.25, 0.3) is 0 Å². The molecule has 2 heterocycles. The Morgan fingerprint density at radius 1 is 1.50 bits per heavy atom. The summed E-state index contributed by atoms with van der Waals surface area (Å²) < 4.78 is 5.68. The molecule has 2 aliphatic rings. The minimum absolute atomic E-state index is 0.0790. The molecule has 2 fully saturated rings. The van der Waals surface area contributed by atoms with E-state index in [9.17, 15) is 4.79 Å². The molecular formula is C10H18N2O2. The van der Waals surface area contributed by atoms with Gasteiger partial charge in [0, 0.05) is 12.6 Å². The van der Waals surface area contributed by atoms with Crippen molar-refractivity contribution >= 4 is 5.91 Å². The molecule has 0 spiro atoms. The van der Waals surface area contributed by atoms with Gasteiger partial charge < -0.3 is 15.4 Å². The summed E-state index contributed by atoms with van der Waals surface area (Å²) in [5.74, 6) is 0.0790. The third-order valence-electron chi connectivity index (χ3n) is 3.00. The summed E-state index contributed by atoms with van der Waals surface area (Å²) in [6.07, 6.45) is 4.23. The van der Waals surface area contributed by atoms with Crippen LogP contribution in [-0.4, -0.2) is 37.2 Å². The van der Waals surface area contributed by atoms with E-state index in [0.29, 0.717) is 31.3 Å². The fraction of sp³-hybridized carbons (Fsp3) is 0.900. The van der Waals surface area contributed by atoms with Crippen LogP contribution in [0.4, 0.5) is 0 Å². The first-order chi connectivity index (χ1) is 6.79. The third kappa shape index (κ3) is 2.07. The van der Waals surface area contributed by atoms with Gasteiger partial charge in [-0.3, -0.25) is 4.79 Å². The summed E-state index contributed by atoms with van der Waals surface area (Å²) in [5.41, 5.74) is 0. The Morgan fingerprint density at radius 3 is 2.93 bits per heavy atom. The first-order valence-electron chi connectivity index (χ1n) is 5.45. The molecule has 2 N–H and O–H groups in total. The molecule has 4 nitrogen and oxygen atoms in total. The smallest absolute Gasteiger partial charge is 0.233 e. The molecule has 14 heavy (non-hydrogen) atoms. The van der Waals surface area contributed by atoms with Crippen LogP contribution in [0.1, 0.15) is 26.2 Å². The molecule has 2 saturated heterocycles. The zero-order chi connectivity index (χ0) is 9.97. The summed E-state index contributed by atoms with van der Waals surface area (Å²) in [6.45, 7) is 3.05. The van der Waals surface area contributed by atoms with Crippen LogP contribution in [-0.2, 0) is 9.53 Å². The number of carbonyl (C=O) groups is 1. The van der Waals surface area contributed by atoms with E-state index < -0.39 is 0 Å². The Balaban J connectivity index is 1.69. The Bertz CT molecular complexity index is 220. The average molecular weight is 198 g/mol. The molecule has 3 unspecified atom stereocenters. The minimum Gasteiger partial charge on any atom is -0.373 e. The summed E-state index contributed by atoms with van der Waals surface area (Å²) >= 11 is 0. The number of nitrogens with one attached hydrogen (secondary N) is 2. The summed E-state index contributed by atoms with van der Waals surface area (Å²) in [7, 11) is 0. The monoisotopic (exact) mass is 198 g/mol. The summed E-state index contributed by atoms with van der Waals surface area (Å²) in [5, 5.41) is 6.03. The number of rotatable bonds is 4. The molecule has 0 radical (unpaired) electrons. The van der Waals surface area contributed by atoms with Gasteiger partial charge in [-0.25, -0.2) is 0 Å². The topological polar surface area (TPSA) is 50.4 Å². The Kier molecular flexibility index (Phi) is 3.03. The average Bonchev–Trinajstić information content (AvgIpc) is 2.76. The molecule has 0 aliphatic carbocycles. The molecule has 2 aliphatic heterocycles. The SMILES string of the molecule is CCNC(=O)CNC1CC2CCC1O2. The Morgan fingerprint density at radius 2 is 2.36 bits per heavy atom. The third-order valence-corrected chi connectivity index (χ3v) is 3.00. The number of amides is 1. The molecule has 0 aromatic heterocycles. The van der Waals surface area contributed by atoms with Gasteiger partial charge in [0.25, 0.3) is 0 Å². The second-order valence-electron chi connectivity index (χ2n) is 4.05. The van der Waals surface area contributed by atoms with Gasteiger partial charge in [0.1, 0.15) is 0 Å². The van der Waals surface area contributed by atoms with E-state index in [1.54, 1.807) is 0 Å². The second kappa shape index (κ2) is 4.28. The lowest BCUT2D eigenvalue weighted by Gasteiger charge is -2.19. The predicted octanol–water partition coefficient (Wildman–Crippen LogP) is 0.0320. The molecule has 2 rings (SSSR count). The van der Waals surface area contributed by atoms with E-state index in [2.05, 4.69) is 10.6 Å². The van der Waals surface area contributed by atoms with Gasteiger partial charge >= 0.3 is 0 Å². The number of hydrogen-bond donors (Lipinski definition) is 2. The molecule has 80 valence electrons. The van der Waals surface area contributed by atoms with Gasteiger partial charge in [-0.15, -0.1) is 0 Å². The lowest BCUT2D eigenvalue weighted by Crippen LogP contribution is -2.43. The van der Waals surface area contributed by atoms with Gasteiger partial charge in [0.05, 0.1) is 18.8 Å². The number of ether oxygens (including phenoxy) is 1. The lowest BCUT2D eigenvalue weighted by atomic mass is 9.95. The zero-order valence-electron chi connectivity index (χ0n) is 8.58. The maximum Gasteiger partial charge on any atom is 0.233 e. The molecule has 2 bridgehead atoms. The molecule has 3 atom stereocenters. The Labute approximate surface area is 84.4 Å². The van der Waals surface area contributed by atoms with Gasteiger partial charge in [-0.2, -0.15) is 0 Å². The summed E-state index contributed by atoms with van der Waals surface area (Å²) in [6, 6.07) is 0.399. The highest BCUT2D eigenvalue weighted by molar-refractivity contribution is 5.77. The van der Waals surface area contributed by atoms with Crippen molar-refractivity contribution in [1.29, 1.82) is 0 Å². The van der Waals surface area contributed by atoms with E-state index in [1.807, 2.05) is 6.92 Å². The maximum atomic E-state index is 11.2. The van der Waals surface area contributed by atoms with Crippen molar-refractivity contribution in [2.75, 3.05) is 13.1 Å². The van der Waals surface area contributed by atoms with Gasteiger partial charge in [-0.1, -0.05) is 0 Å². The van der Waals surface area contributed by atoms with E-state index in [0.717, 1.165) is 12.8 Å². The van der Waals surface area contributed by atoms with E-state index in [-0.39, 0.29) is 5.91 Å². The predicted molar refractivity (Wildman–Crippen MR) is 53.0 cm³/mol. The van der Waals surface area contributed by atoms with Crippen molar-refractivity contribution < 1.29 is 9.53 Å². The number of hydrogen-bond acceptors (Lipinski definition) is 3. The van der Waals surface area contributed by atoms with E-state index in [1.165, 1.54) is 6.42 Å². The Hall–Kier alpha value is -0.610. The molecular weight excluding hydrogens is 180 g/mol. The van der Waals surface area contributed by atoms with Crippen LogP contribution >= 0.6 is 0 Å². The van der Waals surface area contributed by atoms with Crippen molar-refractivity contribution in [2.45, 2.75) is 44.4 Å². The van der Waals surface area contributed by atoms with Crippen molar-refractivity contribution in [3.05, 3.63) is 0 Å². The molecule has 0 aromatic carbocycles. The molecule has 1 amide bonds. The van der Waals surface area contributed by atoms with Gasteiger partial charge in [-0.05, 0) is 26.2 Å². The minimum atomic E-state index is 0.0790. The maximum absolute atomic E-state index is 11.2. The first-order valence-corrected chi connectivity index (χ1v) is 5.45. The molecule has 4 heteroatoms. The van der Waals surface area contributed by atoms with Crippen LogP contribution in [0.3, 0.4) is 0 Å². The van der Waals surface area contributed by atoms with Gasteiger partial charge in [0.2, 0.25) is 5.91 Å². The molecule has 0 saturated carbocycles. The highest BCUT2D eigenvalue weighted by Gasteiger charge is 2.40. The van der Waals surface area contributed by atoms with Crippen molar-refractivity contribution in [3.8, 4) is 0 Å². The van der Waals surface area contributed by atoms with Crippen molar-refractivity contribution in [3.63, 3.8) is 0 Å². The highest BCUT2D eigenvalue weighted by Crippen LogP contribution is 2.34. The van der Waals surface area contributed by atoms with Crippen molar-refractivity contribution in [1.82, 2.24) is 10.6 Å². The van der Waals surface area contributed by atoms with Crippen LogP contribution in [0, 0.1) is 0 Å². The van der Waals surface area contributed by atoms with E-state index in [4.69, 9.17) is 4.74 Å². The van der Waals surface area contributed by atoms with Crippen LogP contribution in [0.15, 0.2) is 0 Å². The van der Waals surface area contributed by atoms with Crippen LogP contribution in [0.5, 0.6) is 0 Å². The number of likely N-dealkylation sites (N-methyl/N-ethyl adjacent to an activating group) is 1.